The molecule has 0 aliphatic carbocycles. The fourth-order valence-electron chi connectivity index (χ4n) is 2.26. The Labute approximate surface area is 105 Å². The number of alkyl halides is 2. The van der Waals surface area contributed by atoms with Gasteiger partial charge in [-0.2, -0.15) is 8.78 Å². The van der Waals surface area contributed by atoms with Crippen molar-refractivity contribution < 1.29 is 18.6 Å². The van der Waals surface area contributed by atoms with Crippen LogP contribution in [0.15, 0.2) is 24.3 Å². The maximum atomic E-state index is 12.3. The molecule has 1 fully saturated rings. The lowest BCUT2D eigenvalue weighted by Gasteiger charge is -2.20. The van der Waals surface area contributed by atoms with Crippen molar-refractivity contribution in [3.63, 3.8) is 0 Å². The van der Waals surface area contributed by atoms with E-state index >= 15 is 0 Å². The molecule has 1 N–H and O–H groups in total. The summed E-state index contributed by atoms with van der Waals surface area (Å²) in [5.41, 5.74) is 0.0360. The van der Waals surface area contributed by atoms with E-state index in [1.807, 2.05) is 4.90 Å². The molecule has 1 atom stereocenters. The van der Waals surface area contributed by atoms with Crippen LogP contribution in [0.5, 0.6) is 5.75 Å². The Balaban J connectivity index is 2.05. The molecule has 0 aromatic heterocycles. The van der Waals surface area contributed by atoms with E-state index in [0.717, 1.165) is 12.1 Å². The third-order valence-electron chi connectivity index (χ3n) is 3.11. The Morgan fingerprint density at radius 3 is 2.78 bits per heavy atom. The molecule has 1 aliphatic heterocycles. The van der Waals surface area contributed by atoms with Crippen molar-refractivity contribution >= 4 is 0 Å². The van der Waals surface area contributed by atoms with Gasteiger partial charge in [0, 0.05) is 25.2 Å². The molecule has 0 bridgehead atoms. The molecule has 100 valence electrons. The molecule has 0 spiro atoms. The van der Waals surface area contributed by atoms with Crippen molar-refractivity contribution in [2.45, 2.75) is 32.1 Å². The molecule has 1 heterocycles. The minimum Gasteiger partial charge on any atom is -0.434 e. The first-order valence-electron chi connectivity index (χ1n) is 5.94. The fraction of sp³-hybridized carbons (Fsp3) is 0.538. The highest BCUT2D eigenvalue weighted by Gasteiger charge is 2.31. The van der Waals surface area contributed by atoms with Gasteiger partial charge < -0.3 is 9.84 Å². The van der Waals surface area contributed by atoms with E-state index in [9.17, 15) is 13.9 Å². The molecule has 1 aromatic rings. The molecule has 1 unspecified atom stereocenters. The van der Waals surface area contributed by atoms with Crippen LogP contribution < -0.4 is 4.74 Å². The van der Waals surface area contributed by atoms with Gasteiger partial charge in [0.1, 0.15) is 5.75 Å². The van der Waals surface area contributed by atoms with Crippen molar-refractivity contribution in [3.05, 3.63) is 29.8 Å². The van der Waals surface area contributed by atoms with Crippen molar-refractivity contribution in [1.82, 2.24) is 4.90 Å². The highest BCUT2D eigenvalue weighted by molar-refractivity contribution is 5.33. The van der Waals surface area contributed by atoms with Crippen molar-refractivity contribution in [3.8, 4) is 5.75 Å². The Hall–Kier alpha value is -1.20. The number of β-amino-alcohol motifs (C(OH)–C–C–N with tert-alkyl or cyclic N) is 1. The second-order valence-corrected chi connectivity index (χ2v) is 4.94. The quantitative estimate of drug-likeness (QED) is 0.898. The number of halogens is 2. The van der Waals surface area contributed by atoms with Gasteiger partial charge in [-0.1, -0.05) is 18.2 Å². The van der Waals surface area contributed by atoms with Gasteiger partial charge in [0.25, 0.3) is 0 Å². The third-order valence-corrected chi connectivity index (χ3v) is 3.11. The van der Waals surface area contributed by atoms with Crippen LogP contribution in [0.3, 0.4) is 0 Å². The average Bonchev–Trinajstić information content (AvgIpc) is 2.60. The van der Waals surface area contributed by atoms with Crippen LogP contribution in [-0.4, -0.2) is 35.3 Å². The van der Waals surface area contributed by atoms with E-state index < -0.39 is 12.2 Å². The number of benzene rings is 1. The van der Waals surface area contributed by atoms with Crippen molar-refractivity contribution in [1.29, 1.82) is 0 Å². The summed E-state index contributed by atoms with van der Waals surface area (Å²) >= 11 is 0. The van der Waals surface area contributed by atoms with E-state index in [2.05, 4.69) is 4.74 Å². The summed E-state index contributed by atoms with van der Waals surface area (Å²) in [5.74, 6) is 0.207. The van der Waals surface area contributed by atoms with Crippen LogP contribution in [0, 0.1) is 0 Å². The lowest BCUT2D eigenvalue weighted by molar-refractivity contribution is -0.0508. The molecule has 1 aliphatic rings. The molecule has 0 amide bonds. The SMILES string of the molecule is CC1(O)CCN(Cc2ccccc2OC(F)F)C1. The number of ether oxygens (including phenoxy) is 1. The standard InChI is InChI=1S/C13H17F2NO2/c1-13(17)6-7-16(9-13)8-10-4-2-3-5-11(10)18-12(14)15/h2-5,12,17H,6-9H2,1H3. The Bertz CT molecular complexity index is 410. The molecular formula is C13H17F2NO2. The third kappa shape index (κ3) is 3.40. The van der Waals surface area contributed by atoms with Crippen LogP contribution in [0.1, 0.15) is 18.9 Å². The minimum atomic E-state index is -2.81. The number of hydrogen-bond donors (Lipinski definition) is 1. The molecule has 18 heavy (non-hydrogen) atoms. The van der Waals surface area contributed by atoms with Crippen LogP contribution in [0.4, 0.5) is 8.78 Å². The molecular weight excluding hydrogens is 240 g/mol. The lowest BCUT2D eigenvalue weighted by atomic mass is 10.1. The Morgan fingerprint density at radius 2 is 2.17 bits per heavy atom. The van der Waals surface area contributed by atoms with E-state index in [4.69, 9.17) is 0 Å². The zero-order chi connectivity index (χ0) is 13.2. The number of para-hydroxylation sites is 1. The maximum Gasteiger partial charge on any atom is 0.387 e. The van der Waals surface area contributed by atoms with Gasteiger partial charge >= 0.3 is 6.61 Å². The number of likely N-dealkylation sites (tertiary alicyclic amines) is 1. The first-order valence-corrected chi connectivity index (χ1v) is 5.94. The molecule has 3 nitrogen and oxygen atoms in total. The van der Waals surface area contributed by atoms with Gasteiger partial charge in [0.2, 0.25) is 0 Å². The zero-order valence-corrected chi connectivity index (χ0v) is 10.3. The molecule has 1 saturated heterocycles. The topological polar surface area (TPSA) is 32.7 Å². The van der Waals surface area contributed by atoms with Gasteiger partial charge in [-0.3, -0.25) is 4.90 Å². The van der Waals surface area contributed by atoms with Gasteiger partial charge in [0.05, 0.1) is 5.60 Å². The average molecular weight is 257 g/mol. The first-order chi connectivity index (χ1) is 8.46. The largest absolute Gasteiger partial charge is 0.434 e. The minimum absolute atomic E-state index is 0.207. The first kappa shape index (κ1) is 13.2. The van der Waals surface area contributed by atoms with E-state index in [1.54, 1.807) is 25.1 Å². The second-order valence-electron chi connectivity index (χ2n) is 4.94. The summed E-state index contributed by atoms with van der Waals surface area (Å²) in [6.45, 7) is 0.799. The predicted molar refractivity (Wildman–Crippen MR) is 63.6 cm³/mol. The smallest absolute Gasteiger partial charge is 0.387 e. The van der Waals surface area contributed by atoms with Crippen LogP contribution in [-0.2, 0) is 6.54 Å². The summed E-state index contributed by atoms with van der Waals surface area (Å²) in [5, 5.41) is 9.86. The van der Waals surface area contributed by atoms with Gasteiger partial charge in [0.15, 0.2) is 0 Å². The van der Waals surface area contributed by atoms with Crippen LogP contribution in [0.25, 0.3) is 0 Å². The van der Waals surface area contributed by atoms with Gasteiger partial charge in [-0.05, 0) is 19.4 Å². The lowest BCUT2D eigenvalue weighted by Crippen LogP contribution is -2.29. The molecule has 5 heteroatoms. The second kappa shape index (κ2) is 5.20. The highest BCUT2D eigenvalue weighted by Crippen LogP contribution is 2.26. The van der Waals surface area contributed by atoms with Crippen LogP contribution in [0.2, 0.25) is 0 Å². The fourth-order valence-corrected chi connectivity index (χ4v) is 2.26. The monoisotopic (exact) mass is 257 g/mol. The van der Waals surface area contributed by atoms with Gasteiger partial charge in [-0.25, -0.2) is 0 Å². The summed E-state index contributed by atoms with van der Waals surface area (Å²) in [6.07, 6.45) is 0.699. The van der Waals surface area contributed by atoms with E-state index in [0.29, 0.717) is 19.5 Å². The van der Waals surface area contributed by atoms with Crippen LogP contribution >= 0.6 is 0 Å². The normalized spacial score (nSPS) is 24.7. The van der Waals surface area contributed by atoms with E-state index in [-0.39, 0.29) is 5.75 Å². The summed E-state index contributed by atoms with van der Waals surface area (Å²) in [7, 11) is 0. The maximum absolute atomic E-state index is 12.3. The number of rotatable bonds is 4. The molecule has 1 aromatic carbocycles. The Kier molecular flexibility index (Phi) is 3.82. The van der Waals surface area contributed by atoms with Gasteiger partial charge in [-0.15, -0.1) is 0 Å². The number of aliphatic hydroxyl groups is 1. The Morgan fingerprint density at radius 1 is 1.44 bits per heavy atom. The summed E-state index contributed by atoms with van der Waals surface area (Å²) < 4.78 is 29.0. The summed E-state index contributed by atoms with van der Waals surface area (Å²) in [4.78, 5) is 2.04. The summed E-state index contributed by atoms with van der Waals surface area (Å²) in [6, 6.07) is 6.77. The number of hydrogen-bond acceptors (Lipinski definition) is 3. The zero-order valence-electron chi connectivity index (χ0n) is 10.3. The molecule has 0 saturated carbocycles. The predicted octanol–water partition coefficient (Wildman–Crippen LogP) is 2.24. The van der Waals surface area contributed by atoms with Crippen molar-refractivity contribution in [2.75, 3.05) is 13.1 Å². The number of nitrogens with zero attached hydrogens (tertiary/aromatic N) is 1. The van der Waals surface area contributed by atoms with E-state index in [1.165, 1.54) is 6.07 Å². The highest BCUT2D eigenvalue weighted by atomic mass is 19.3. The molecule has 2 rings (SSSR count). The van der Waals surface area contributed by atoms with Crippen molar-refractivity contribution in [2.24, 2.45) is 0 Å². The molecule has 0 radical (unpaired) electrons.